The van der Waals surface area contributed by atoms with Crippen molar-refractivity contribution in [2.45, 2.75) is 122 Å². The zero-order valence-corrected chi connectivity index (χ0v) is 44.3. The van der Waals surface area contributed by atoms with E-state index in [-0.39, 0.29) is 21.9 Å². The van der Waals surface area contributed by atoms with E-state index < -0.39 is 5.41 Å². The molecular formula is C71H70N2. The lowest BCUT2D eigenvalue weighted by Gasteiger charge is -2.49. The van der Waals surface area contributed by atoms with Crippen molar-refractivity contribution >= 4 is 22.7 Å². The van der Waals surface area contributed by atoms with Crippen LogP contribution in [0, 0.1) is 22.7 Å². The van der Waals surface area contributed by atoms with Crippen LogP contribution in [0.25, 0.3) is 44.5 Å². The SMILES string of the molecule is CC(C)(C)C1CCC2(C)C(C1)c1cc(-c3ccc4c(c3)C3(c5ccccc5-c5ccccc53)c3cc(-c5ccc6c(c5)C5CC(C(C)(C)C)CCC5(C)N6c5ccccc5)ccc3-4)ccc1N2c1ccccc1. The fraction of sp³-hybridized carbons (Fsp3) is 0.324. The van der Waals surface area contributed by atoms with E-state index in [0.717, 1.165) is 0 Å². The highest BCUT2D eigenvalue weighted by atomic mass is 15.2. The normalized spacial score (nSPS) is 24.8. The zero-order valence-electron chi connectivity index (χ0n) is 44.3. The Morgan fingerprint density at radius 1 is 0.384 bits per heavy atom. The third-order valence-electron chi connectivity index (χ3n) is 20.1. The van der Waals surface area contributed by atoms with Gasteiger partial charge in [0.1, 0.15) is 0 Å². The predicted molar refractivity (Wildman–Crippen MR) is 307 cm³/mol. The Balaban J connectivity index is 0.923. The van der Waals surface area contributed by atoms with Crippen molar-refractivity contribution in [1.29, 1.82) is 0 Å². The maximum atomic E-state index is 2.71. The van der Waals surface area contributed by atoms with Crippen LogP contribution in [0.2, 0.25) is 0 Å². The lowest BCUT2D eigenvalue weighted by atomic mass is 9.62. The van der Waals surface area contributed by atoms with Crippen LogP contribution in [0.4, 0.5) is 22.7 Å². The van der Waals surface area contributed by atoms with Gasteiger partial charge in [-0.3, -0.25) is 0 Å². The Kier molecular flexibility index (Phi) is 9.67. The smallest absolute Gasteiger partial charge is 0.0725 e. The van der Waals surface area contributed by atoms with Gasteiger partial charge >= 0.3 is 0 Å². The van der Waals surface area contributed by atoms with Gasteiger partial charge in [0, 0.05) is 45.7 Å². The topological polar surface area (TPSA) is 6.48 Å². The molecule has 1 spiro atoms. The monoisotopic (exact) mass is 951 g/mol. The molecule has 0 radical (unpaired) electrons. The van der Waals surface area contributed by atoms with Gasteiger partial charge in [0.15, 0.2) is 0 Å². The number of hydrogen-bond acceptors (Lipinski definition) is 2. The maximum absolute atomic E-state index is 2.71. The molecule has 2 nitrogen and oxygen atoms in total. The van der Waals surface area contributed by atoms with Gasteiger partial charge in [-0.2, -0.15) is 0 Å². The summed E-state index contributed by atoms with van der Waals surface area (Å²) in [5, 5.41) is 0. The van der Waals surface area contributed by atoms with Crippen LogP contribution in [0.15, 0.2) is 182 Å². The van der Waals surface area contributed by atoms with E-state index in [1.54, 1.807) is 0 Å². The highest BCUT2D eigenvalue weighted by Gasteiger charge is 2.56. The quantitative estimate of drug-likeness (QED) is 0.173. The molecule has 6 atom stereocenters. The second-order valence-electron chi connectivity index (χ2n) is 25.7. The molecule has 14 rings (SSSR count). The molecule has 2 fully saturated rings. The molecule has 0 bridgehead atoms. The van der Waals surface area contributed by atoms with Crippen LogP contribution >= 0.6 is 0 Å². The highest BCUT2D eigenvalue weighted by Crippen LogP contribution is 2.66. The van der Waals surface area contributed by atoms with Gasteiger partial charge in [-0.1, -0.05) is 163 Å². The summed E-state index contributed by atoms with van der Waals surface area (Å²) in [4.78, 5) is 5.43. The lowest BCUT2D eigenvalue weighted by Crippen LogP contribution is -2.48. The molecular weight excluding hydrogens is 881 g/mol. The number of hydrogen-bond donors (Lipinski definition) is 0. The molecule has 6 unspecified atom stereocenters. The minimum atomic E-state index is -0.463. The molecule has 8 aromatic carbocycles. The Morgan fingerprint density at radius 3 is 1.15 bits per heavy atom. The van der Waals surface area contributed by atoms with E-state index in [4.69, 9.17) is 0 Å². The molecule has 0 N–H and O–H groups in total. The van der Waals surface area contributed by atoms with Gasteiger partial charge in [-0.15, -0.1) is 0 Å². The van der Waals surface area contributed by atoms with Gasteiger partial charge in [-0.05, 0) is 214 Å². The number of para-hydroxylation sites is 2. The second-order valence-corrected chi connectivity index (χ2v) is 25.7. The number of anilines is 4. The Hall–Kier alpha value is -6.64. The van der Waals surface area contributed by atoms with E-state index in [0.29, 0.717) is 23.7 Å². The molecule has 2 heteroatoms. The van der Waals surface area contributed by atoms with Crippen LogP contribution in [-0.4, -0.2) is 11.1 Å². The van der Waals surface area contributed by atoms with Gasteiger partial charge in [0.25, 0.3) is 0 Å². The first kappa shape index (κ1) is 45.0. The number of benzene rings is 8. The summed E-state index contributed by atoms with van der Waals surface area (Å²) < 4.78 is 0. The van der Waals surface area contributed by atoms with Crippen molar-refractivity contribution in [3.8, 4) is 44.5 Å². The van der Waals surface area contributed by atoms with E-state index in [1.807, 2.05) is 0 Å². The first-order valence-corrected chi connectivity index (χ1v) is 27.7. The lowest BCUT2D eigenvalue weighted by molar-refractivity contribution is 0.127. The van der Waals surface area contributed by atoms with Crippen molar-refractivity contribution < 1.29 is 0 Å². The molecule has 0 amide bonds. The zero-order chi connectivity index (χ0) is 49.8. The summed E-state index contributed by atoms with van der Waals surface area (Å²) in [7, 11) is 0. The van der Waals surface area contributed by atoms with Gasteiger partial charge in [0.05, 0.1) is 5.41 Å². The summed E-state index contributed by atoms with van der Waals surface area (Å²) >= 11 is 0. The van der Waals surface area contributed by atoms with Crippen molar-refractivity contribution in [2.24, 2.45) is 22.7 Å². The molecule has 364 valence electrons. The van der Waals surface area contributed by atoms with E-state index >= 15 is 0 Å². The standard InChI is InChI=1S/C71H70N2/c1-67(2,3)49-35-37-69(7)61(43-49)57-39-45(29-33-65(57)72(69)51-19-11-9-12-20-51)47-27-31-55-56-32-28-48(42-64(56)71(63(55)41-47)59-25-17-15-23-53(59)54-24-16-18-26-60(54)71)46-30-34-66-58(40-46)62-44-50(68(4,5)6)36-38-70(62,8)73(66)52-21-13-10-14-22-52/h9-34,39-42,49-50,61-62H,35-38,43-44H2,1-8H3. The maximum Gasteiger partial charge on any atom is 0.0725 e. The second kappa shape index (κ2) is 15.7. The molecule has 0 aromatic heterocycles. The summed E-state index contributed by atoms with van der Waals surface area (Å²) in [5.41, 5.74) is 24.7. The van der Waals surface area contributed by atoms with Crippen molar-refractivity contribution in [3.63, 3.8) is 0 Å². The van der Waals surface area contributed by atoms with Gasteiger partial charge in [-0.25, -0.2) is 0 Å². The Morgan fingerprint density at radius 2 is 0.740 bits per heavy atom. The van der Waals surface area contributed by atoms with Crippen LogP contribution in [0.3, 0.4) is 0 Å². The number of nitrogens with zero attached hydrogens (tertiary/aromatic N) is 2. The Bertz CT molecular complexity index is 3280. The van der Waals surface area contributed by atoms with Gasteiger partial charge < -0.3 is 9.80 Å². The third kappa shape index (κ3) is 6.34. The average Bonchev–Trinajstić information content (AvgIpc) is 4.04. The van der Waals surface area contributed by atoms with E-state index in [9.17, 15) is 0 Å². The minimum Gasteiger partial charge on any atom is -0.335 e. The summed E-state index contributed by atoms with van der Waals surface area (Å²) in [6.45, 7) is 19.9. The van der Waals surface area contributed by atoms with Crippen LogP contribution in [0.5, 0.6) is 0 Å². The molecule has 0 saturated heterocycles. The number of rotatable bonds is 4. The summed E-state index contributed by atoms with van der Waals surface area (Å²) in [6, 6.07) is 71.0. The number of fused-ring (bicyclic) bond motifs is 16. The molecule has 8 aromatic rings. The van der Waals surface area contributed by atoms with Crippen molar-refractivity contribution in [2.75, 3.05) is 9.80 Å². The average molecular weight is 951 g/mol. The molecule has 2 aliphatic heterocycles. The van der Waals surface area contributed by atoms with Crippen LogP contribution < -0.4 is 9.80 Å². The Labute approximate surface area is 435 Å². The van der Waals surface area contributed by atoms with Crippen molar-refractivity contribution in [3.05, 3.63) is 215 Å². The fourth-order valence-electron chi connectivity index (χ4n) is 16.1. The molecule has 6 aliphatic rings. The minimum absolute atomic E-state index is 0.0215. The first-order valence-electron chi connectivity index (χ1n) is 27.7. The van der Waals surface area contributed by atoms with E-state index in [2.05, 4.69) is 247 Å². The van der Waals surface area contributed by atoms with Crippen molar-refractivity contribution in [1.82, 2.24) is 0 Å². The molecule has 4 aliphatic carbocycles. The van der Waals surface area contributed by atoms with Gasteiger partial charge in [0.2, 0.25) is 0 Å². The summed E-state index contributed by atoms with van der Waals surface area (Å²) in [5.74, 6) is 2.25. The largest absolute Gasteiger partial charge is 0.335 e. The highest BCUT2D eigenvalue weighted by molar-refractivity contribution is 5.97. The third-order valence-corrected chi connectivity index (χ3v) is 20.1. The molecule has 2 saturated carbocycles. The first-order chi connectivity index (χ1) is 35.2. The van der Waals surface area contributed by atoms with Crippen LogP contribution in [0.1, 0.15) is 139 Å². The predicted octanol–water partition coefficient (Wildman–Crippen LogP) is 19.0. The fourth-order valence-corrected chi connectivity index (χ4v) is 16.1. The van der Waals surface area contributed by atoms with Crippen LogP contribution in [-0.2, 0) is 5.41 Å². The molecule has 2 heterocycles. The summed E-state index contributed by atoms with van der Waals surface area (Å²) in [6.07, 6.45) is 7.32. The molecule has 73 heavy (non-hydrogen) atoms. The van der Waals surface area contributed by atoms with E-state index in [1.165, 1.54) is 139 Å².